The second-order valence-electron chi connectivity index (χ2n) is 2.33. The third-order valence-corrected chi connectivity index (χ3v) is 4.77. The molecule has 0 aliphatic carbocycles. The van der Waals surface area contributed by atoms with Crippen molar-refractivity contribution < 1.29 is 9.90 Å². The molecule has 2 rings (SSSR count). The summed E-state index contributed by atoms with van der Waals surface area (Å²) in [5.74, 6) is 1.85. The van der Waals surface area contributed by atoms with Gasteiger partial charge in [-0.05, 0) is 17.5 Å². The van der Waals surface area contributed by atoms with E-state index in [0.29, 0.717) is 0 Å². The van der Waals surface area contributed by atoms with Gasteiger partial charge in [0, 0.05) is 22.5 Å². The fraction of sp³-hybridized carbons (Fsp3) is 0.222. The lowest BCUT2D eigenvalue weighted by Gasteiger charge is -2.04. The van der Waals surface area contributed by atoms with Crippen molar-refractivity contribution in [2.75, 3.05) is 11.5 Å². The maximum absolute atomic E-state index is 10.0. The third-order valence-electron chi connectivity index (χ3n) is 1.27. The molecule has 2 heterocycles. The first-order chi connectivity index (χ1) is 6.79. The van der Waals surface area contributed by atoms with Gasteiger partial charge >= 0.3 is 5.97 Å². The molecule has 2 nitrogen and oxygen atoms in total. The summed E-state index contributed by atoms with van der Waals surface area (Å²) in [6.07, 6.45) is 2.71. The Morgan fingerprint density at radius 1 is 1.43 bits per heavy atom. The lowest BCUT2D eigenvalue weighted by atomic mass is 10.4. The second-order valence-corrected chi connectivity index (χ2v) is 6.01. The smallest absolute Gasteiger partial charge is 0.328 e. The third kappa shape index (κ3) is 5.36. The molecular weight excluding hydrogens is 236 g/mol. The SMILES string of the molecule is C1CSS1.O=C(O)C=Cc1cccs1. The molecular formula is C9H10O2S3. The van der Waals surface area contributed by atoms with Crippen LogP contribution in [0.25, 0.3) is 6.08 Å². The van der Waals surface area contributed by atoms with Crippen molar-refractivity contribution in [3.05, 3.63) is 28.5 Å². The van der Waals surface area contributed by atoms with Crippen LogP contribution in [0.4, 0.5) is 0 Å². The Morgan fingerprint density at radius 2 is 2.07 bits per heavy atom. The fourth-order valence-corrected chi connectivity index (χ4v) is 1.91. The minimum Gasteiger partial charge on any atom is -0.478 e. The average molecular weight is 246 g/mol. The van der Waals surface area contributed by atoms with Crippen LogP contribution < -0.4 is 0 Å². The first-order valence-corrected chi connectivity index (χ1v) is 7.35. The quantitative estimate of drug-likeness (QED) is 0.642. The molecule has 0 radical (unpaired) electrons. The van der Waals surface area contributed by atoms with Gasteiger partial charge in [0.05, 0.1) is 0 Å². The van der Waals surface area contributed by atoms with Crippen LogP contribution in [0, 0.1) is 0 Å². The van der Waals surface area contributed by atoms with Gasteiger partial charge in [-0.25, -0.2) is 4.79 Å². The van der Waals surface area contributed by atoms with E-state index < -0.39 is 5.97 Å². The van der Waals surface area contributed by atoms with Crippen molar-refractivity contribution in [3.63, 3.8) is 0 Å². The molecule has 1 N–H and O–H groups in total. The minimum atomic E-state index is -0.909. The molecule has 1 aliphatic rings. The maximum atomic E-state index is 10.0. The van der Waals surface area contributed by atoms with E-state index in [1.807, 2.05) is 39.1 Å². The summed E-state index contributed by atoms with van der Waals surface area (Å²) in [7, 11) is 3.91. The van der Waals surface area contributed by atoms with Crippen LogP contribution in [0.3, 0.4) is 0 Å². The van der Waals surface area contributed by atoms with Crippen LogP contribution in [0.15, 0.2) is 23.6 Å². The predicted molar refractivity (Wildman–Crippen MR) is 65.9 cm³/mol. The van der Waals surface area contributed by atoms with Crippen molar-refractivity contribution in [2.45, 2.75) is 0 Å². The molecule has 1 aromatic heterocycles. The highest BCUT2D eigenvalue weighted by atomic mass is 33.1. The van der Waals surface area contributed by atoms with E-state index in [1.54, 1.807) is 6.08 Å². The molecule has 76 valence electrons. The van der Waals surface area contributed by atoms with Gasteiger partial charge in [0.15, 0.2) is 0 Å². The van der Waals surface area contributed by atoms with E-state index >= 15 is 0 Å². The fourth-order valence-electron chi connectivity index (χ4n) is 0.623. The molecule has 0 bridgehead atoms. The highest BCUT2D eigenvalue weighted by molar-refractivity contribution is 8.79. The van der Waals surface area contributed by atoms with Gasteiger partial charge < -0.3 is 5.11 Å². The lowest BCUT2D eigenvalue weighted by molar-refractivity contribution is -0.131. The number of aliphatic carboxylic acids is 1. The average Bonchev–Trinajstić information content (AvgIpc) is 2.48. The van der Waals surface area contributed by atoms with Gasteiger partial charge in [0.25, 0.3) is 0 Å². The van der Waals surface area contributed by atoms with Crippen molar-refractivity contribution in [1.29, 1.82) is 0 Å². The normalized spacial score (nSPS) is 14.3. The molecule has 0 aromatic carbocycles. The second kappa shape index (κ2) is 6.98. The standard InChI is InChI=1S/C7H6O2S.C2H4S2/c8-7(9)4-3-6-2-1-5-10-6;1-2-4-3-1/h1-5H,(H,8,9);1-2H2. The van der Waals surface area contributed by atoms with Gasteiger partial charge in [0.1, 0.15) is 0 Å². The monoisotopic (exact) mass is 246 g/mol. The topological polar surface area (TPSA) is 37.3 Å². The summed E-state index contributed by atoms with van der Waals surface area (Å²) in [6, 6.07) is 3.75. The van der Waals surface area contributed by atoms with E-state index in [2.05, 4.69) is 0 Å². The number of carboxylic acids is 1. The Hall–Kier alpha value is -0.390. The zero-order valence-corrected chi connectivity index (χ0v) is 9.83. The highest BCUT2D eigenvalue weighted by Gasteiger charge is 1.96. The predicted octanol–water partition coefficient (Wildman–Crippen LogP) is 3.23. The Bertz CT molecular complexity index is 285. The van der Waals surface area contributed by atoms with Crippen molar-refractivity contribution in [2.24, 2.45) is 0 Å². The van der Waals surface area contributed by atoms with Gasteiger partial charge in [-0.1, -0.05) is 27.7 Å². The van der Waals surface area contributed by atoms with Crippen LogP contribution in [-0.2, 0) is 4.79 Å². The molecule has 0 amide bonds. The summed E-state index contributed by atoms with van der Waals surface area (Å²) in [4.78, 5) is 11.0. The first-order valence-electron chi connectivity index (χ1n) is 3.98. The summed E-state index contributed by atoms with van der Waals surface area (Å²) >= 11 is 1.51. The van der Waals surface area contributed by atoms with Crippen LogP contribution in [0.2, 0.25) is 0 Å². The molecule has 1 saturated heterocycles. The number of hydrogen-bond donors (Lipinski definition) is 1. The van der Waals surface area contributed by atoms with Crippen LogP contribution in [0.1, 0.15) is 4.88 Å². The summed E-state index contributed by atoms with van der Waals surface area (Å²) < 4.78 is 0. The molecule has 1 aliphatic heterocycles. The highest BCUT2D eigenvalue weighted by Crippen LogP contribution is 2.31. The van der Waals surface area contributed by atoms with Gasteiger partial charge in [-0.2, -0.15) is 0 Å². The molecule has 5 heteroatoms. The van der Waals surface area contributed by atoms with Crippen molar-refractivity contribution >= 4 is 45.0 Å². The van der Waals surface area contributed by atoms with E-state index in [1.165, 1.54) is 22.8 Å². The molecule has 0 unspecified atom stereocenters. The van der Waals surface area contributed by atoms with Gasteiger partial charge in [0.2, 0.25) is 0 Å². The molecule has 0 spiro atoms. The molecule has 14 heavy (non-hydrogen) atoms. The summed E-state index contributed by atoms with van der Waals surface area (Å²) in [5, 5.41) is 10.1. The van der Waals surface area contributed by atoms with E-state index in [4.69, 9.17) is 5.11 Å². The maximum Gasteiger partial charge on any atom is 0.328 e. The van der Waals surface area contributed by atoms with Gasteiger partial charge in [-0.3, -0.25) is 0 Å². The zero-order chi connectivity index (χ0) is 10.2. The number of thiophene rings is 1. The Balaban J connectivity index is 0.000000203. The number of carboxylic acid groups (broad SMARTS) is 1. The number of carbonyl (C=O) groups is 1. The Morgan fingerprint density at radius 3 is 2.43 bits per heavy atom. The minimum absolute atomic E-state index is 0.909. The number of rotatable bonds is 2. The Labute approximate surface area is 94.8 Å². The first kappa shape index (κ1) is 11.7. The van der Waals surface area contributed by atoms with Crippen molar-refractivity contribution in [3.8, 4) is 0 Å². The summed E-state index contributed by atoms with van der Waals surface area (Å²) in [5.41, 5.74) is 0. The molecule has 1 fully saturated rings. The van der Waals surface area contributed by atoms with Gasteiger partial charge in [-0.15, -0.1) is 11.3 Å². The Kier molecular flexibility index (Phi) is 5.82. The van der Waals surface area contributed by atoms with Crippen LogP contribution in [-0.4, -0.2) is 22.6 Å². The number of hydrogen-bond acceptors (Lipinski definition) is 4. The molecule has 1 aromatic rings. The van der Waals surface area contributed by atoms with E-state index in [-0.39, 0.29) is 0 Å². The van der Waals surface area contributed by atoms with E-state index in [9.17, 15) is 4.79 Å². The largest absolute Gasteiger partial charge is 0.478 e. The zero-order valence-electron chi connectivity index (χ0n) is 7.38. The lowest BCUT2D eigenvalue weighted by Crippen LogP contribution is -1.86. The van der Waals surface area contributed by atoms with Crippen LogP contribution in [0.5, 0.6) is 0 Å². The molecule has 0 atom stereocenters. The van der Waals surface area contributed by atoms with Crippen molar-refractivity contribution in [1.82, 2.24) is 0 Å². The van der Waals surface area contributed by atoms with Crippen LogP contribution >= 0.6 is 32.9 Å². The summed E-state index contributed by atoms with van der Waals surface area (Å²) in [6.45, 7) is 0. The van der Waals surface area contributed by atoms with E-state index in [0.717, 1.165) is 11.0 Å². The molecule has 0 saturated carbocycles.